The fraction of sp³-hybridized carbons (Fsp3) is 0.615. The molecule has 0 aliphatic rings. The van der Waals surface area contributed by atoms with Crippen LogP contribution in [0.25, 0.3) is 0 Å². The smallest absolute Gasteiger partial charge is 0.265 e. The Morgan fingerprint density at radius 2 is 2.05 bits per heavy atom. The second-order valence-corrected chi connectivity index (χ2v) is 5.97. The average molecular weight is 313 g/mol. The Balaban J connectivity index is 2.48. The van der Waals surface area contributed by atoms with Crippen LogP contribution in [0.15, 0.2) is 0 Å². The molecule has 8 heteroatoms. The van der Waals surface area contributed by atoms with Crippen molar-refractivity contribution in [2.75, 3.05) is 30.7 Å². The van der Waals surface area contributed by atoms with Crippen LogP contribution in [0.2, 0.25) is 0 Å². The maximum atomic E-state index is 12.0. The highest BCUT2D eigenvalue weighted by atomic mass is 32.1. The summed E-state index contributed by atoms with van der Waals surface area (Å²) in [4.78, 5) is 27.7. The molecule has 1 heterocycles. The summed E-state index contributed by atoms with van der Waals surface area (Å²) >= 11 is 1.22. The molecule has 7 nitrogen and oxygen atoms in total. The van der Waals surface area contributed by atoms with Gasteiger partial charge in [-0.25, -0.2) is 4.98 Å². The SMILES string of the molecule is CCNC(=O)CCNC(=O)c1sc(NCC(C)C)nc1N. The van der Waals surface area contributed by atoms with Gasteiger partial charge in [0.15, 0.2) is 5.13 Å². The summed E-state index contributed by atoms with van der Waals surface area (Å²) in [6.45, 7) is 7.64. The van der Waals surface area contributed by atoms with Crippen molar-refractivity contribution < 1.29 is 9.59 Å². The van der Waals surface area contributed by atoms with Gasteiger partial charge < -0.3 is 21.7 Å². The van der Waals surface area contributed by atoms with Crippen LogP contribution in [0, 0.1) is 5.92 Å². The summed E-state index contributed by atoms with van der Waals surface area (Å²) in [6.07, 6.45) is 0.247. The third kappa shape index (κ3) is 5.99. The van der Waals surface area contributed by atoms with E-state index in [4.69, 9.17) is 5.73 Å². The molecule has 0 spiro atoms. The zero-order valence-corrected chi connectivity index (χ0v) is 13.5. The molecule has 0 saturated carbocycles. The molecule has 1 rings (SSSR count). The van der Waals surface area contributed by atoms with E-state index < -0.39 is 0 Å². The number of carbonyl (C=O) groups excluding carboxylic acids is 2. The maximum absolute atomic E-state index is 12.0. The lowest BCUT2D eigenvalue weighted by Crippen LogP contribution is -2.30. The van der Waals surface area contributed by atoms with Gasteiger partial charge in [0.2, 0.25) is 5.91 Å². The highest BCUT2D eigenvalue weighted by Crippen LogP contribution is 2.24. The molecule has 0 aromatic carbocycles. The van der Waals surface area contributed by atoms with E-state index in [2.05, 4.69) is 34.8 Å². The van der Waals surface area contributed by atoms with Gasteiger partial charge in [-0.1, -0.05) is 25.2 Å². The molecule has 0 aliphatic carbocycles. The Morgan fingerprint density at radius 3 is 2.67 bits per heavy atom. The first kappa shape index (κ1) is 17.2. The molecule has 0 atom stereocenters. The second-order valence-electron chi connectivity index (χ2n) is 4.97. The standard InChI is InChI=1S/C13H23N5O2S/c1-4-15-9(19)5-6-16-12(20)10-11(14)18-13(21-10)17-7-8(2)3/h8H,4-7,14H2,1-3H3,(H,15,19)(H,16,20)(H,17,18). The molecule has 2 amide bonds. The summed E-state index contributed by atoms with van der Waals surface area (Å²) in [7, 11) is 0. The van der Waals surface area contributed by atoms with Gasteiger partial charge in [-0.05, 0) is 12.8 Å². The zero-order chi connectivity index (χ0) is 15.8. The van der Waals surface area contributed by atoms with Crippen molar-refractivity contribution in [1.29, 1.82) is 0 Å². The van der Waals surface area contributed by atoms with Crippen LogP contribution in [0.1, 0.15) is 36.9 Å². The number of nitrogens with two attached hydrogens (primary N) is 1. The van der Waals surface area contributed by atoms with Crippen molar-refractivity contribution in [1.82, 2.24) is 15.6 Å². The number of hydrogen-bond acceptors (Lipinski definition) is 6. The zero-order valence-electron chi connectivity index (χ0n) is 12.7. The third-order valence-electron chi connectivity index (χ3n) is 2.53. The minimum absolute atomic E-state index is 0.0886. The van der Waals surface area contributed by atoms with Crippen LogP contribution in [0.5, 0.6) is 0 Å². The van der Waals surface area contributed by atoms with E-state index in [0.717, 1.165) is 6.54 Å². The van der Waals surface area contributed by atoms with Crippen molar-refractivity contribution in [2.24, 2.45) is 5.92 Å². The number of nitrogens with one attached hydrogen (secondary N) is 3. The Hall–Kier alpha value is -1.83. The second kappa shape index (κ2) is 8.46. The van der Waals surface area contributed by atoms with E-state index in [0.29, 0.717) is 22.5 Å². The molecule has 0 unspecified atom stereocenters. The number of carbonyl (C=O) groups is 2. The van der Waals surface area contributed by atoms with Gasteiger partial charge in [-0.3, -0.25) is 9.59 Å². The van der Waals surface area contributed by atoms with Gasteiger partial charge in [0.05, 0.1) is 0 Å². The van der Waals surface area contributed by atoms with E-state index in [1.807, 2.05) is 6.92 Å². The van der Waals surface area contributed by atoms with E-state index in [9.17, 15) is 9.59 Å². The van der Waals surface area contributed by atoms with E-state index in [-0.39, 0.29) is 30.6 Å². The highest BCUT2D eigenvalue weighted by molar-refractivity contribution is 7.18. The topological polar surface area (TPSA) is 109 Å². The summed E-state index contributed by atoms with van der Waals surface area (Å²) in [6, 6.07) is 0. The summed E-state index contributed by atoms with van der Waals surface area (Å²) in [5.74, 6) is 0.299. The molecular formula is C13H23N5O2S. The number of aromatic nitrogens is 1. The average Bonchev–Trinajstić information content (AvgIpc) is 2.78. The predicted molar refractivity (Wildman–Crippen MR) is 85.5 cm³/mol. The molecule has 0 saturated heterocycles. The van der Waals surface area contributed by atoms with Gasteiger partial charge >= 0.3 is 0 Å². The third-order valence-corrected chi connectivity index (χ3v) is 3.56. The number of anilines is 2. The van der Waals surface area contributed by atoms with Crippen molar-refractivity contribution in [3.8, 4) is 0 Å². The minimum atomic E-state index is -0.299. The van der Waals surface area contributed by atoms with Crippen molar-refractivity contribution in [3.05, 3.63) is 4.88 Å². The first-order chi connectivity index (χ1) is 9.93. The monoisotopic (exact) mass is 313 g/mol. The van der Waals surface area contributed by atoms with Gasteiger partial charge in [-0.2, -0.15) is 0 Å². The molecule has 0 bridgehead atoms. The van der Waals surface area contributed by atoms with E-state index >= 15 is 0 Å². The van der Waals surface area contributed by atoms with Crippen molar-refractivity contribution in [2.45, 2.75) is 27.2 Å². The normalized spacial score (nSPS) is 10.5. The number of thiazole rings is 1. The lowest BCUT2D eigenvalue weighted by molar-refractivity contribution is -0.120. The van der Waals surface area contributed by atoms with Gasteiger partial charge in [0, 0.05) is 26.1 Å². The Kier molecular flexibility index (Phi) is 6.93. The highest BCUT2D eigenvalue weighted by Gasteiger charge is 2.16. The molecular weight excluding hydrogens is 290 g/mol. The Bertz CT molecular complexity index is 487. The summed E-state index contributed by atoms with van der Waals surface area (Å²) in [5.41, 5.74) is 5.75. The van der Waals surface area contributed by atoms with Crippen LogP contribution >= 0.6 is 11.3 Å². The van der Waals surface area contributed by atoms with Gasteiger partial charge in [0.25, 0.3) is 5.91 Å². The first-order valence-electron chi connectivity index (χ1n) is 6.99. The molecule has 118 valence electrons. The largest absolute Gasteiger partial charge is 0.382 e. The number of nitrogens with zero attached hydrogens (tertiary/aromatic N) is 1. The van der Waals surface area contributed by atoms with Crippen LogP contribution in [0.4, 0.5) is 10.9 Å². The van der Waals surface area contributed by atoms with Crippen LogP contribution in [-0.4, -0.2) is 36.4 Å². The maximum Gasteiger partial charge on any atom is 0.265 e. The number of amides is 2. The summed E-state index contributed by atoms with van der Waals surface area (Å²) in [5, 5.41) is 9.11. The minimum Gasteiger partial charge on any atom is -0.382 e. The lowest BCUT2D eigenvalue weighted by atomic mass is 10.2. The van der Waals surface area contributed by atoms with Gasteiger partial charge in [0.1, 0.15) is 10.7 Å². The van der Waals surface area contributed by atoms with E-state index in [1.165, 1.54) is 11.3 Å². The van der Waals surface area contributed by atoms with Crippen LogP contribution < -0.4 is 21.7 Å². The molecule has 21 heavy (non-hydrogen) atoms. The lowest BCUT2D eigenvalue weighted by Gasteiger charge is -2.04. The van der Waals surface area contributed by atoms with E-state index in [1.54, 1.807) is 0 Å². The number of rotatable bonds is 8. The van der Waals surface area contributed by atoms with Crippen LogP contribution in [-0.2, 0) is 4.79 Å². The molecule has 0 aliphatic heterocycles. The molecule has 1 aromatic heterocycles. The van der Waals surface area contributed by atoms with Crippen LogP contribution in [0.3, 0.4) is 0 Å². The fourth-order valence-electron chi connectivity index (χ4n) is 1.52. The summed E-state index contributed by atoms with van der Waals surface area (Å²) < 4.78 is 0. The number of nitrogen functional groups attached to an aromatic ring is 1. The fourth-order valence-corrected chi connectivity index (χ4v) is 2.32. The Labute approximate surface area is 128 Å². The number of hydrogen-bond donors (Lipinski definition) is 4. The quantitative estimate of drug-likeness (QED) is 0.573. The molecule has 5 N–H and O–H groups in total. The van der Waals surface area contributed by atoms with Crippen molar-refractivity contribution >= 4 is 34.1 Å². The first-order valence-corrected chi connectivity index (χ1v) is 7.80. The van der Waals surface area contributed by atoms with Crippen molar-refractivity contribution in [3.63, 3.8) is 0 Å². The predicted octanol–water partition coefficient (Wildman–Crippen LogP) is 1.05. The Morgan fingerprint density at radius 1 is 1.33 bits per heavy atom. The van der Waals surface area contributed by atoms with Gasteiger partial charge in [-0.15, -0.1) is 0 Å². The molecule has 0 radical (unpaired) electrons. The molecule has 1 aromatic rings. The molecule has 0 fully saturated rings.